The Morgan fingerprint density at radius 2 is 2.46 bits per heavy atom. The molecule has 13 heavy (non-hydrogen) atoms. The van der Waals surface area contributed by atoms with Crippen LogP contribution in [-0.4, -0.2) is 17.2 Å². The summed E-state index contributed by atoms with van der Waals surface area (Å²) in [4.78, 5) is 3.94. The Kier molecular flexibility index (Phi) is 3.23. The molecule has 0 spiro atoms. The normalized spacial score (nSPS) is 11.8. The third kappa shape index (κ3) is 2.42. The lowest BCUT2D eigenvalue weighted by Crippen LogP contribution is -1.99. The highest BCUT2D eigenvalue weighted by Gasteiger charge is 2.07. The first-order valence-electron chi connectivity index (χ1n) is 3.83. The SMILES string of the molecule is COc1ccc(C(O)CC#N)nc1. The van der Waals surface area contributed by atoms with Gasteiger partial charge in [0.2, 0.25) is 0 Å². The third-order valence-electron chi connectivity index (χ3n) is 1.62. The smallest absolute Gasteiger partial charge is 0.137 e. The van der Waals surface area contributed by atoms with E-state index in [2.05, 4.69) is 4.98 Å². The molecule has 0 saturated heterocycles. The van der Waals surface area contributed by atoms with E-state index < -0.39 is 6.10 Å². The lowest BCUT2D eigenvalue weighted by atomic mass is 10.2. The van der Waals surface area contributed by atoms with E-state index >= 15 is 0 Å². The average molecular weight is 178 g/mol. The molecule has 1 rings (SSSR count). The molecule has 0 radical (unpaired) electrons. The fraction of sp³-hybridized carbons (Fsp3) is 0.333. The minimum atomic E-state index is -0.809. The van der Waals surface area contributed by atoms with Crippen molar-refractivity contribution in [1.82, 2.24) is 4.98 Å². The number of hydrogen-bond acceptors (Lipinski definition) is 4. The Balaban J connectivity index is 2.74. The van der Waals surface area contributed by atoms with Gasteiger partial charge in [-0.05, 0) is 12.1 Å². The molecule has 0 saturated carbocycles. The van der Waals surface area contributed by atoms with Crippen LogP contribution in [-0.2, 0) is 0 Å². The summed E-state index contributed by atoms with van der Waals surface area (Å²) in [5.74, 6) is 0.632. The molecule has 0 aliphatic rings. The Labute approximate surface area is 76.4 Å². The van der Waals surface area contributed by atoms with Crippen LogP contribution in [0.4, 0.5) is 0 Å². The summed E-state index contributed by atoms with van der Waals surface area (Å²) in [6, 6.07) is 5.21. The molecular formula is C9H10N2O2. The number of ether oxygens (including phenoxy) is 1. The quantitative estimate of drug-likeness (QED) is 0.750. The van der Waals surface area contributed by atoms with Gasteiger partial charge in [0, 0.05) is 0 Å². The van der Waals surface area contributed by atoms with E-state index in [1.807, 2.05) is 6.07 Å². The summed E-state index contributed by atoms with van der Waals surface area (Å²) >= 11 is 0. The van der Waals surface area contributed by atoms with Gasteiger partial charge in [-0.15, -0.1) is 0 Å². The van der Waals surface area contributed by atoms with Crippen molar-refractivity contribution in [3.05, 3.63) is 24.0 Å². The molecule has 1 unspecified atom stereocenters. The standard InChI is InChI=1S/C9H10N2O2/c1-13-7-2-3-8(11-6-7)9(12)4-5-10/h2-3,6,9,12H,4H2,1H3. The van der Waals surface area contributed by atoms with Gasteiger partial charge in [0.05, 0.1) is 31.5 Å². The molecule has 68 valence electrons. The van der Waals surface area contributed by atoms with Crippen LogP contribution in [0.5, 0.6) is 5.75 Å². The first-order chi connectivity index (χ1) is 6.27. The van der Waals surface area contributed by atoms with E-state index in [1.54, 1.807) is 19.2 Å². The highest BCUT2D eigenvalue weighted by atomic mass is 16.5. The Bertz CT molecular complexity index is 302. The minimum Gasteiger partial charge on any atom is -0.495 e. The number of nitrogens with zero attached hydrogens (tertiary/aromatic N) is 2. The fourth-order valence-corrected chi connectivity index (χ4v) is 0.901. The van der Waals surface area contributed by atoms with Crippen molar-refractivity contribution in [2.45, 2.75) is 12.5 Å². The van der Waals surface area contributed by atoms with Crippen molar-refractivity contribution in [3.63, 3.8) is 0 Å². The molecule has 1 N–H and O–H groups in total. The second kappa shape index (κ2) is 4.43. The summed E-state index contributed by atoms with van der Waals surface area (Å²) in [7, 11) is 1.54. The number of aromatic nitrogens is 1. The lowest BCUT2D eigenvalue weighted by Gasteiger charge is -2.05. The van der Waals surface area contributed by atoms with Crippen LogP contribution in [0.1, 0.15) is 18.2 Å². The van der Waals surface area contributed by atoms with Gasteiger partial charge in [-0.2, -0.15) is 5.26 Å². The predicted molar refractivity (Wildman–Crippen MR) is 46.0 cm³/mol. The maximum absolute atomic E-state index is 9.36. The van der Waals surface area contributed by atoms with E-state index in [1.165, 1.54) is 6.20 Å². The van der Waals surface area contributed by atoms with Gasteiger partial charge in [-0.1, -0.05) is 0 Å². The number of rotatable bonds is 3. The van der Waals surface area contributed by atoms with Gasteiger partial charge >= 0.3 is 0 Å². The maximum Gasteiger partial charge on any atom is 0.137 e. The zero-order valence-corrected chi connectivity index (χ0v) is 7.27. The third-order valence-corrected chi connectivity index (χ3v) is 1.62. The molecule has 4 heteroatoms. The van der Waals surface area contributed by atoms with Crippen molar-refractivity contribution in [2.75, 3.05) is 7.11 Å². The zero-order valence-electron chi connectivity index (χ0n) is 7.27. The second-order valence-electron chi connectivity index (χ2n) is 2.50. The van der Waals surface area contributed by atoms with Crippen molar-refractivity contribution in [1.29, 1.82) is 5.26 Å². The molecular weight excluding hydrogens is 168 g/mol. The molecule has 0 amide bonds. The molecule has 1 heterocycles. The van der Waals surface area contributed by atoms with Gasteiger partial charge in [0.25, 0.3) is 0 Å². The summed E-state index contributed by atoms with van der Waals surface area (Å²) < 4.78 is 4.90. The second-order valence-corrected chi connectivity index (χ2v) is 2.50. The number of aliphatic hydroxyl groups is 1. The van der Waals surface area contributed by atoms with Crippen LogP contribution < -0.4 is 4.74 Å². The molecule has 1 aromatic rings. The monoisotopic (exact) mass is 178 g/mol. The summed E-state index contributed by atoms with van der Waals surface area (Å²) in [5.41, 5.74) is 0.488. The molecule has 0 fully saturated rings. The first kappa shape index (κ1) is 9.49. The van der Waals surface area contributed by atoms with Crippen LogP contribution in [0.25, 0.3) is 0 Å². The van der Waals surface area contributed by atoms with Gasteiger partial charge in [-0.3, -0.25) is 4.98 Å². The highest BCUT2D eigenvalue weighted by molar-refractivity contribution is 5.21. The number of pyridine rings is 1. The molecule has 1 aromatic heterocycles. The van der Waals surface area contributed by atoms with Gasteiger partial charge in [0.15, 0.2) is 0 Å². The van der Waals surface area contributed by atoms with E-state index in [9.17, 15) is 5.11 Å². The highest BCUT2D eigenvalue weighted by Crippen LogP contribution is 2.16. The zero-order chi connectivity index (χ0) is 9.68. The molecule has 1 atom stereocenters. The number of methoxy groups -OCH3 is 1. The number of hydrogen-bond donors (Lipinski definition) is 1. The maximum atomic E-state index is 9.36. The van der Waals surface area contributed by atoms with Crippen LogP contribution in [0.2, 0.25) is 0 Å². The van der Waals surface area contributed by atoms with Gasteiger partial charge < -0.3 is 9.84 Å². The van der Waals surface area contributed by atoms with Crippen molar-refractivity contribution < 1.29 is 9.84 Å². The lowest BCUT2D eigenvalue weighted by molar-refractivity contribution is 0.178. The molecule has 0 bridgehead atoms. The van der Waals surface area contributed by atoms with E-state index in [4.69, 9.17) is 10.00 Å². The topological polar surface area (TPSA) is 66.1 Å². The van der Waals surface area contributed by atoms with E-state index in [0.29, 0.717) is 11.4 Å². The van der Waals surface area contributed by atoms with Gasteiger partial charge in [0.1, 0.15) is 11.9 Å². The first-order valence-corrected chi connectivity index (χ1v) is 3.83. The van der Waals surface area contributed by atoms with Crippen molar-refractivity contribution >= 4 is 0 Å². The Hall–Kier alpha value is -1.60. The van der Waals surface area contributed by atoms with Gasteiger partial charge in [-0.25, -0.2) is 0 Å². The molecule has 0 aliphatic heterocycles. The summed E-state index contributed by atoms with van der Waals surface area (Å²) in [6.07, 6.45) is 0.755. The summed E-state index contributed by atoms with van der Waals surface area (Å²) in [6.45, 7) is 0. The van der Waals surface area contributed by atoms with Crippen molar-refractivity contribution in [2.24, 2.45) is 0 Å². The predicted octanol–water partition coefficient (Wildman–Crippen LogP) is 1.04. The average Bonchev–Trinajstić information content (AvgIpc) is 2.18. The largest absolute Gasteiger partial charge is 0.495 e. The van der Waals surface area contributed by atoms with Crippen LogP contribution in [0.3, 0.4) is 0 Å². The van der Waals surface area contributed by atoms with E-state index in [0.717, 1.165) is 0 Å². The molecule has 0 aromatic carbocycles. The molecule has 4 nitrogen and oxygen atoms in total. The number of nitriles is 1. The van der Waals surface area contributed by atoms with Crippen LogP contribution in [0.15, 0.2) is 18.3 Å². The van der Waals surface area contributed by atoms with Crippen molar-refractivity contribution in [3.8, 4) is 11.8 Å². The van der Waals surface area contributed by atoms with Crippen LogP contribution in [0, 0.1) is 11.3 Å². The minimum absolute atomic E-state index is 0.0549. The fourth-order valence-electron chi connectivity index (χ4n) is 0.901. The Morgan fingerprint density at radius 1 is 1.69 bits per heavy atom. The summed E-state index contributed by atoms with van der Waals surface area (Å²) in [5, 5.41) is 17.7. The van der Waals surface area contributed by atoms with Crippen LogP contribution >= 0.6 is 0 Å². The van der Waals surface area contributed by atoms with E-state index in [-0.39, 0.29) is 6.42 Å². The molecule has 0 aliphatic carbocycles. The number of aliphatic hydroxyl groups excluding tert-OH is 1. The Morgan fingerprint density at radius 3 is 2.92 bits per heavy atom.